The zero-order chi connectivity index (χ0) is 23.6. The quantitative estimate of drug-likeness (QED) is 0.273. The Balaban J connectivity index is 1.79. The summed E-state index contributed by atoms with van der Waals surface area (Å²) in [5, 5.41) is 0. The minimum atomic E-state index is -4.45. The molecule has 0 spiro atoms. The summed E-state index contributed by atoms with van der Waals surface area (Å²) in [5.74, 6) is -0.740. The molecule has 0 N–H and O–H groups in total. The van der Waals surface area contributed by atoms with E-state index in [0.29, 0.717) is 45.4 Å². The number of unbranched alkanes of at least 4 members (excludes halogenated alkanes) is 1. The summed E-state index contributed by atoms with van der Waals surface area (Å²) < 4.78 is 48.4. The summed E-state index contributed by atoms with van der Waals surface area (Å²) >= 11 is 0. The highest BCUT2D eigenvalue weighted by atomic mass is 19.4. The van der Waals surface area contributed by atoms with Crippen molar-refractivity contribution in [2.24, 2.45) is 0 Å². The third-order valence-electron chi connectivity index (χ3n) is 4.97. The van der Waals surface area contributed by atoms with Crippen molar-refractivity contribution in [1.29, 1.82) is 0 Å². The Morgan fingerprint density at radius 1 is 1.25 bits per heavy atom. The van der Waals surface area contributed by atoms with Crippen molar-refractivity contribution in [3.05, 3.63) is 47.5 Å². The predicted molar refractivity (Wildman–Crippen MR) is 111 cm³/mol. The number of carbonyl (C=O) groups excluding carboxylic acids is 3. The lowest BCUT2D eigenvalue weighted by Gasteiger charge is -2.22. The molecule has 1 amide bonds. The van der Waals surface area contributed by atoms with Gasteiger partial charge in [0, 0.05) is 26.0 Å². The predicted octanol–water partition coefficient (Wildman–Crippen LogP) is 3.72. The Morgan fingerprint density at radius 2 is 2.03 bits per heavy atom. The van der Waals surface area contributed by atoms with Gasteiger partial charge in [0.1, 0.15) is 6.61 Å². The molecule has 6 nitrogen and oxygen atoms in total. The van der Waals surface area contributed by atoms with E-state index in [4.69, 9.17) is 9.47 Å². The van der Waals surface area contributed by atoms with Crippen molar-refractivity contribution in [2.75, 3.05) is 26.4 Å². The topological polar surface area (TPSA) is 72.9 Å². The van der Waals surface area contributed by atoms with Crippen LogP contribution in [0.1, 0.15) is 43.7 Å². The average molecular weight is 455 g/mol. The van der Waals surface area contributed by atoms with Crippen molar-refractivity contribution >= 4 is 17.7 Å². The van der Waals surface area contributed by atoms with Gasteiger partial charge in [-0.25, -0.2) is 4.79 Å². The fourth-order valence-corrected chi connectivity index (χ4v) is 3.43. The van der Waals surface area contributed by atoms with E-state index in [1.54, 1.807) is 17.9 Å². The zero-order valence-corrected chi connectivity index (χ0v) is 18.0. The lowest BCUT2D eigenvalue weighted by Crippen LogP contribution is -2.33. The molecule has 0 radical (unpaired) electrons. The molecular weight excluding hydrogens is 427 g/mol. The molecule has 1 saturated heterocycles. The number of amides is 1. The summed E-state index contributed by atoms with van der Waals surface area (Å²) in [4.78, 5) is 37.2. The molecule has 0 saturated carbocycles. The van der Waals surface area contributed by atoms with Gasteiger partial charge >= 0.3 is 12.1 Å². The molecule has 1 atom stereocenters. The van der Waals surface area contributed by atoms with E-state index in [2.05, 4.69) is 0 Å². The van der Waals surface area contributed by atoms with E-state index in [1.807, 2.05) is 0 Å². The molecule has 9 heteroatoms. The first-order valence-corrected chi connectivity index (χ1v) is 10.6. The van der Waals surface area contributed by atoms with Crippen molar-refractivity contribution in [3.8, 4) is 0 Å². The highest BCUT2D eigenvalue weighted by Gasteiger charge is 2.30. The van der Waals surface area contributed by atoms with E-state index in [1.165, 1.54) is 18.2 Å². The summed E-state index contributed by atoms with van der Waals surface area (Å²) in [6.07, 6.45) is 0.715. The fraction of sp³-hybridized carbons (Fsp3) is 0.522. The van der Waals surface area contributed by atoms with Crippen LogP contribution in [0.15, 0.2) is 36.4 Å². The maximum Gasteiger partial charge on any atom is 0.416 e. The Bertz CT molecular complexity index is 822. The number of ketones is 1. The number of hydrogen-bond donors (Lipinski definition) is 0. The number of likely N-dealkylation sites (tertiary alicyclic amines) is 1. The molecule has 0 bridgehead atoms. The number of hydrogen-bond acceptors (Lipinski definition) is 5. The fourth-order valence-electron chi connectivity index (χ4n) is 3.43. The number of alkyl halides is 3. The molecule has 0 aromatic heterocycles. The number of nitrogens with zero attached hydrogens (tertiary/aromatic N) is 1. The van der Waals surface area contributed by atoms with Crippen LogP contribution in [-0.4, -0.2) is 55.0 Å². The highest BCUT2D eigenvalue weighted by Crippen LogP contribution is 2.29. The zero-order valence-electron chi connectivity index (χ0n) is 18.0. The van der Waals surface area contributed by atoms with Gasteiger partial charge in [0.2, 0.25) is 5.91 Å². The average Bonchev–Trinajstić information content (AvgIpc) is 3.08. The number of carbonyl (C=O) groups is 3. The van der Waals surface area contributed by atoms with Crippen LogP contribution in [0.25, 0.3) is 0 Å². The number of ether oxygens (including phenoxy) is 2. The van der Waals surface area contributed by atoms with Gasteiger partial charge in [0.25, 0.3) is 0 Å². The first-order valence-electron chi connectivity index (χ1n) is 10.6. The number of allylic oxidation sites excluding steroid dienone is 1. The molecule has 0 aliphatic carbocycles. The molecule has 32 heavy (non-hydrogen) atoms. The van der Waals surface area contributed by atoms with Gasteiger partial charge in [-0.05, 0) is 43.9 Å². The van der Waals surface area contributed by atoms with Gasteiger partial charge in [-0.3, -0.25) is 9.59 Å². The van der Waals surface area contributed by atoms with Crippen molar-refractivity contribution in [2.45, 2.75) is 51.2 Å². The summed E-state index contributed by atoms with van der Waals surface area (Å²) in [6.45, 7) is 2.79. The lowest BCUT2D eigenvalue weighted by molar-refractivity contribution is -0.148. The van der Waals surface area contributed by atoms with E-state index in [-0.39, 0.29) is 36.3 Å². The van der Waals surface area contributed by atoms with E-state index in [9.17, 15) is 27.6 Å². The lowest BCUT2D eigenvalue weighted by atomic mass is 10.0. The smallest absolute Gasteiger partial charge is 0.416 e. The molecule has 1 heterocycles. The van der Waals surface area contributed by atoms with Gasteiger partial charge < -0.3 is 14.4 Å². The van der Waals surface area contributed by atoms with Crippen LogP contribution in [0.5, 0.6) is 0 Å². The van der Waals surface area contributed by atoms with E-state index < -0.39 is 17.7 Å². The van der Waals surface area contributed by atoms with Crippen LogP contribution in [-0.2, 0) is 36.5 Å². The van der Waals surface area contributed by atoms with Gasteiger partial charge in [0.15, 0.2) is 5.78 Å². The first-order chi connectivity index (χ1) is 15.2. The second-order valence-corrected chi connectivity index (χ2v) is 7.46. The molecule has 1 fully saturated rings. The van der Waals surface area contributed by atoms with Crippen molar-refractivity contribution in [1.82, 2.24) is 4.90 Å². The SMILES string of the molecule is CCOC(=O)COCCCCN1C(=O)CCC1C=CC(=O)Cc1cccc(C(F)(F)F)c1. The van der Waals surface area contributed by atoms with Gasteiger partial charge in [-0.2, -0.15) is 13.2 Å². The maximum absolute atomic E-state index is 12.8. The number of halogens is 3. The summed E-state index contributed by atoms with van der Waals surface area (Å²) in [5.41, 5.74) is -0.498. The van der Waals surface area contributed by atoms with Crippen LogP contribution >= 0.6 is 0 Å². The Morgan fingerprint density at radius 3 is 2.75 bits per heavy atom. The molecule has 1 unspecified atom stereocenters. The Hall–Kier alpha value is -2.68. The molecule has 2 rings (SSSR count). The number of benzene rings is 1. The molecule has 1 aromatic rings. The monoisotopic (exact) mass is 455 g/mol. The normalized spacial score (nSPS) is 16.7. The van der Waals surface area contributed by atoms with Gasteiger partial charge in [0.05, 0.1) is 18.2 Å². The largest absolute Gasteiger partial charge is 0.464 e. The van der Waals surface area contributed by atoms with E-state index in [0.717, 1.165) is 12.1 Å². The molecule has 1 aliphatic heterocycles. The molecular formula is C23H28F3NO5. The summed E-state index contributed by atoms with van der Waals surface area (Å²) in [7, 11) is 0. The Labute approximate surface area is 185 Å². The highest BCUT2D eigenvalue weighted by molar-refractivity contribution is 5.91. The second kappa shape index (κ2) is 12.4. The van der Waals surface area contributed by atoms with Crippen LogP contribution in [0.4, 0.5) is 13.2 Å². The van der Waals surface area contributed by atoms with Crippen LogP contribution < -0.4 is 0 Å². The molecule has 1 aromatic carbocycles. The maximum atomic E-state index is 12.8. The minimum Gasteiger partial charge on any atom is -0.464 e. The minimum absolute atomic E-state index is 0.00239. The van der Waals surface area contributed by atoms with Crippen molar-refractivity contribution < 1.29 is 37.0 Å². The van der Waals surface area contributed by atoms with Crippen LogP contribution in [0.2, 0.25) is 0 Å². The third-order valence-corrected chi connectivity index (χ3v) is 4.97. The van der Waals surface area contributed by atoms with Crippen molar-refractivity contribution in [3.63, 3.8) is 0 Å². The standard InChI is InChI=1S/C23H28F3NO5/c1-2-32-22(30)16-31-13-4-3-12-27-19(9-11-21(27)29)8-10-20(28)15-17-6-5-7-18(14-17)23(24,25)26/h5-8,10,14,19H,2-4,9,11-13,15-16H2,1H3. The number of esters is 1. The third kappa shape index (κ3) is 8.45. The molecule has 1 aliphatic rings. The molecule has 176 valence electrons. The second-order valence-electron chi connectivity index (χ2n) is 7.46. The van der Waals surface area contributed by atoms with E-state index >= 15 is 0 Å². The Kier molecular flexibility index (Phi) is 9.90. The van der Waals surface area contributed by atoms with Gasteiger partial charge in [-0.1, -0.05) is 24.3 Å². The van der Waals surface area contributed by atoms with Crippen LogP contribution in [0, 0.1) is 0 Å². The van der Waals surface area contributed by atoms with Crippen LogP contribution in [0.3, 0.4) is 0 Å². The summed E-state index contributed by atoms with van der Waals surface area (Å²) in [6, 6.07) is 4.49. The number of rotatable bonds is 12. The van der Waals surface area contributed by atoms with Gasteiger partial charge in [-0.15, -0.1) is 0 Å². The first kappa shape index (κ1) is 25.6.